The number of rotatable bonds is 6. The Morgan fingerprint density at radius 2 is 1.08 bits per heavy atom. The Kier molecular flexibility index (Phi) is 7.37. The van der Waals surface area contributed by atoms with E-state index in [4.69, 9.17) is 4.74 Å². The maximum Gasteiger partial charge on any atom is 0.136 e. The Labute approximate surface area is 310 Å². The summed E-state index contributed by atoms with van der Waals surface area (Å²) in [7, 11) is 0. The highest BCUT2D eigenvalue weighted by Gasteiger charge is 2.44. The number of fused-ring (bicyclic) bond motifs is 6. The summed E-state index contributed by atoms with van der Waals surface area (Å²) in [6, 6.07) is 65.5. The lowest BCUT2D eigenvalue weighted by atomic mass is 9.78. The molecule has 0 spiro atoms. The van der Waals surface area contributed by atoms with Gasteiger partial charge < -0.3 is 9.64 Å². The minimum Gasteiger partial charge on any atom is -0.481 e. The first-order valence-corrected chi connectivity index (χ1v) is 18.4. The van der Waals surface area contributed by atoms with E-state index >= 15 is 0 Å². The van der Waals surface area contributed by atoms with Crippen LogP contribution in [0, 0.1) is 0 Å². The maximum atomic E-state index is 7.11. The summed E-state index contributed by atoms with van der Waals surface area (Å²) in [6.45, 7) is 2.26. The van der Waals surface area contributed by atoms with Crippen molar-refractivity contribution in [1.82, 2.24) is 0 Å². The second-order valence-electron chi connectivity index (χ2n) is 14.2. The molecule has 8 aromatic carbocycles. The van der Waals surface area contributed by atoms with Crippen molar-refractivity contribution >= 4 is 49.8 Å². The first-order chi connectivity index (χ1) is 26.1. The first-order valence-electron chi connectivity index (χ1n) is 18.4. The van der Waals surface area contributed by atoms with Crippen molar-refractivity contribution in [2.45, 2.75) is 18.9 Å². The average Bonchev–Trinajstić information content (AvgIpc) is 3.54. The van der Waals surface area contributed by atoms with Gasteiger partial charge in [0.05, 0.1) is 5.69 Å². The Hall–Kier alpha value is -6.64. The molecule has 252 valence electrons. The summed E-state index contributed by atoms with van der Waals surface area (Å²) in [4.78, 5) is 2.41. The van der Waals surface area contributed by atoms with Crippen LogP contribution in [0.3, 0.4) is 0 Å². The highest BCUT2D eigenvalue weighted by atomic mass is 16.5. The van der Waals surface area contributed by atoms with Crippen molar-refractivity contribution in [1.29, 1.82) is 0 Å². The number of para-hydroxylation sites is 1. The van der Waals surface area contributed by atoms with E-state index in [0.717, 1.165) is 45.6 Å². The topological polar surface area (TPSA) is 12.5 Å². The molecule has 0 bridgehead atoms. The standard InChI is InChI=1S/C51H37NO/c1-51-32-14-27-45(43-26-13-18-38-17-8-9-23-42(38)43)49(51)47-34-48(44-24-10-11-25-46(44)50(47)53-51)52(40-20-6-3-7-21-40)41-22-12-19-39(33-41)37-30-28-36(29-31-37)35-15-4-2-5-16-35/h2-31,33-34H,32H2,1H3. The van der Waals surface area contributed by atoms with E-state index < -0.39 is 5.60 Å². The van der Waals surface area contributed by atoms with Crippen molar-refractivity contribution < 1.29 is 4.74 Å². The van der Waals surface area contributed by atoms with Crippen LogP contribution in [0.25, 0.3) is 54.9 Å². The Morgan fingerprint density at radius 3 is 1.87 bits per heavy atom. The zero-order valence-corrected chi connectivity index (χ0v) is 29.5. The minimum absolute atomic E-state index is 0.492. The summed E-state index contributed by atoms with van der Waals surface area (Å²) >= 11 is 0. The zero-order chi connectivity index (χ0) is 35.4. The molecule has 2 nitrogen and oxygen atoms in total. The molecule has 0 radical (unpaired) electrons. The Balaban J connectivity index is 1.18. The van der Waals surface area contributed by atoms with Crippen LogP contribution >= 0.6 is 0 Å². The number of hydrogen-bond acceptors (Lipinski definition) is 2. The summed E-state index contributed by atoms with van der Waals surface area (Å²) in [5, 5.41) is 4.76. The van der Waals surface area contributed by atoms with Gasteiger partial charge in [-0.2, -0.15) is 0 Å². The second kappa shape index (κ2) is 12.5. The van der Waals surface area contributed by atoms with Crippen LogP contribution < -0.4 is 9.64 Å². The van der Waals surface area contributed by atoms with E-state index in [1.807, 2.05) is 0 Å². The molecule has 0 saturated heterocycles. The van der Waals surface area contributed by atoms with Gasteiger partial charge in [0.15, 0.2) is 0 Å². The number of allylic oxidation sites excluding steroid dienone is 2. The predicted octanol–water partition coefficient (Wildman–Crippen LogP) is 13.8. The van der Waals surface area contributed by atoms with E-state index in [2.05, 4.69) is 206 Å². The third kappa shape index (κ3) is 5.26. The average molecular weight is 680 g/mol. The fourth-order valence-corrected chi connectivity index (χ4v) is 8.43. The van der Waals surface area contributed by atoms with Crippen LogP contribution in [-0.4, -0.2) is 5.60 Å². The molecule has 10 rings (SSSR count). The lowest BCUT2D eigenvalue weighted by Gasteiger charge is -2.30. The van der Waals surface area contributed by atoms with E-state index in [0.29, 0.717) is 0 Å². The quantitative estimate of drug-likeness (QED) is 0.173. The number of benzene rings is 8. The van der Waals surface area contributed by atoms with Crippen LogP contribution in [0.4, 0.5) is 17.1 Å². The second-order valence-corrected chi connectivity index (χ2v) is 14.2. The van der Waals surface area contributed by atoms with Crippen molar-refractivity contribution in [2.75, 3.05) is 4.90 Å². The fraction of sp³-hybridized carbons (Fsp3) is 0.0588. The van der Waals surface area contributed by atoms with Crippen LogP contribution in [0.5, 0.6) is 5.75 Å². The van der Waals surface area contributed by atoms with Crippen molar-refractivity contribution in [3.8, 4) is 28.0 Å². The van der Waals surface area contributed by atoms with E-state index in [1.165, 1.54) is 49.7 Å². The number of anilines is 3. The summed E-state index contributed by atoms with van der Waals surface area (Å²) in [5.74, 6) is 0.962. The van der Waals surface area contributed by atoms with Gasteiger partial charge in [-0.1, -0.05) is 164 Å². The van der Waals surface area contributed by atoms with E-state index in [-0.39, 0.29) is 0 Å². The van der Waals surface area contributed by atoms with Gasteiger partial charge in [0, 0.05) is 39.7 Å². The molecule has 0 fully saturated rings. The summed E-state index contributed by atoms with van der Waals surface area (Å²) in [5.41, 5.74) is 12.5. The normalized spacial score (nSPS) is 16.0. The number of hydrogen-bond donors (Lipinski definition) is 0. The molecule has 0 N–H and O–H groups in total. The summed E-state index contributed by atoms with van der Waals surface area (Å²) < 4.78 is 7.11. The van der Waals surface area contributed by atoms with E-state index in [9.17, 15) is 0 Å². The molecule has 0 amide bonds. The van der Waals surface area contributed by atoms with Crippen LogP contribution in [0.15, 0.2) is 194 Å². The maximum absolute atomic E-state index is 7.11. The number of ether oxygens (including phenoxy) is 1. The molecule has 1 aliphatic carbocycles. The van der Waals surface area contributed by atoms with Gasteiger partial charge >= 0.3 is 0 Å². The zero-order valence-electron chi connectivity index (χ0n) is 29.5. The Morgan fingerprint density at radius 1 is 0.491 bits per heavy atom. The molecule has 2 aliphatic rings. The minimum atomic E-state index is -0.492. The van der Waals surface area contributed by atoms with Gasteiger partial charge in [0.25, 0.3) is 0 Å². The van der Waals surface area contributed by atoms with Crippen molar-refractivity contribution in [3.63, 3.8) is 0 Å². The molecule has 1 atom stereocenters. The van der Waals surface area contributed by atoms with Crippen molar-refractivity contribution in [2.24, 2.45) is 0 Å². The van der Waals surface area contributed by atoms with Gasteiger partial charge in [0.2, 0.25) is 0 Å². The van der Waals surface area contributed by atoms with E-state index in [1.54, 1.807) is 0 Å². The Bertz CT molecular complexity index is 2720. The van der Waals surface area contributed by atoms with Gasteiger partial charge in [-0.25, -0.2) is 0 Å². The van der Waals surface area contributed by atoms with Crippen molar-refractivity contribution in [3.05, 3.63) is 205 Å². The monoisotopic (exact) mass is 679 g/mol. The van der Waals surface area contributed by atoms with Gasteiger partial charge in [-0.15, -0.1) is 0 Å². The molecule has 2 heteroatoms. The van der Waals surface area contributed by atoms with Gasteiger partial charge in [0.1, 0.15) is 11.4 Å². The molecule has 0 saturated carbocycles. The van der Waals surface area contributed by atoms with Gasteiger partial charge in [-0.3, -0.25) is 0 Å². The highest BCUT2D eigenvalue weighted by Crippen LogP contribution is 2.56. The molecule has 53 heavy (non-hydrogen) atoms. The van der Waals surface area contributed by atoms with Gasteiger partial charge in [-0.05, 0) is 81.4 Å². The molecule has 0 aromatic heterocycles. The third-order valence-electron chi connectivity index (χ3n) is 10.9. The molecule has 8 aromatic rings. The molecular formula is C51H37NO. The highest BCUT2D eigenvalue weighted by molar-refractivity contribution is 6.13. The number of nitrogens with zero attached hydrogens (tertiary/aromatic N) is 1. The van der Waals surface area contributed by atoms with Crippen LogP contribution in [0.2, 0.25) is 0 Å². The predicted molar refractivity (Wildman–Crippen MR) is 223 cm³/mol. The molecule has 1 aliphatic heterocycles. The lowest BCUT2D eigenvalue weighted by molar-refractivity contribution is 0.173. The largest absolute Gasteiger partial charge is 0.481 e. The smallest absolute Gasteiger partial charge is 0.136 e. The fourth-order valence-electron chi connectivity index (χ4n) is 8.43. The summed E-state index contributed by atoms with van der Waals surface area (Å²) in [6.07, 6.45) is 5.40. The lowest BCUT2D eigenvalue weighted by Crippen LogP contribution is -2.30. The molecule has 1 heterocycles. The van der Waals surface area contributed by atoms with Crippen LogP contribution in [0.1, 0.15) is 24.5 Å². The first kappa shape index (κ1) is 31.1. The molecule has 1 unspecified atom stereocenters. The third-order valence-corrected chi connectivity index (χ3v) is 10.9. The van der Waals surface area contributed by atoms with Crippen LogP contribution in [-0.2, 0) is 0 Å². The molecular weight excluding hydrogens is 643 g/mol. The SMILES string of the molecule is CC12CC=CC(c3cccc4ccccc34)=C1c1cc(N(c3ccccc3)c3cccc(-c4ccc(-c5ccccc5)cc4)c3)c3ccccc3c1O2.